The number of halogens is 2. The smallest absolute Gasteiger partial charge is 0.230 e. The second-order valence-corrected chi connectivity index (χ2v) is 6.24. The third-order valence-corrected chi connectivity index (χ3v) is 4.35. The molecule has 6 heteroatoms. The predicted octanol–water partition coefficient (Wildman–Crippen LogP) is 4.18. The quantitative estimate of drug-likeness (QED) is 0.819. The van der Waals surface area contributed by atoms with Gasteiger partial charge in [-0.2, -0.15) is 0 Å². The number of rotatable bonds is 7. The summed E-state index contributed by atoms with van der Waals surface area (Å²) >= 11 is 13.4. The van der Waals surface area contributed by atoms with E-state index in [1.54, 1.807) is 18.4 Å². The molecular weight excluding hydrogens is 329 g/mol. The van der Waals surface area contributed by atoms with Crippen LogP contribution in [0.4, 0.5) is 0 Å². The van der Waals surface area contributed by atoms with Crippen LogP contribution in [0.3, 0.4) is 0 Å². The molecule has 1 amide bonds. The van der Waals surface area contributed by atoms with Gasteiger partial charge in [0.25, 0.3) is 0 Å². The van der Waals surface area contributed by atoms with Gasteiger partial charge in [-0.1, -0.05) is 29.3 Å². The number of amides is 1. The zero-order valence-corrected chi connectivity index (χ0v) is 13.6. The molecule has 1 aromatic heterocycles. The van der Waals surface area contributed by atoms with E-state index in [2.05, 4.69) is 5.32 Å². The second-order valence-electron chi connectivity index (χ2n) is 4.41. The summed E-state index contributed by atoms with van der Waals surface area (Å²) in [5, 5.41) is 4.10. The van der Waals surface area contributed by atoms with Crippen molar-refractivity contribution in [2.75, 3.05) is 12.3 Å². The molecule has 0 aliphatic rings. The van der Waals surface area contributed by atoms with Gasteiger partial charge in [0.1, 0.15) is 5.76 Å². The lowest BCUT2D eigenvalue weighted by Gasteiger charge is -2.06. The lowest BCUT2D eigenvalue weighted by molar-refractivity contribution is -0.118. The molecule has 0 aliphatic carbocycles. The van der Waals surface area contributed by atoms with E-state index in [4.69, 9.17) is 27.6 Å². The van der Waals surface area contributed by atoms with Crippen LogP contribution in [0.5, 0.6) is 0 Å². The summed E-state index contributed by atoms with van der Waals surface area (Å²) in [5.41, 5.74) is 0.981. The van der Waals surface area contributed by atoms with E-state index in [1.807, 2.05) is 18.2 Å². The Morgan fingerprint density at radius 1 is 1.29 bits per heavy atom. The Balaban J connectivity index is 1.64. The summed E-state index contributed by atoms with van der Waals surface area (Å²) < 4.78 is 5.20. The van der Waals surface area contributed by atoms with Crippen LogP contribution in [0, 0.1) is 0 Å². The highest BCUT2D eigenvalue weighted by Crippen LogP contribution is 2.24. The van der Waals surface area contributed by atoms with E-state index in [1.165, 1.54) is 11.8 Å². The summed E-state index contributed by atoms with van der Waals surface area (Å²) in [6.45, 7) is 0.578. The Morgan fingerprint density at radius 2 is 2.14 bits per heavy atom. The standard InChI is InChI=1S/C15H15Cl2NO2S/c16-12-4-3-11(14(17)8-12)9-21-10-15(19)18-6-5-13-2-1-7-20-13/h1-4,7-8H,5-6,9-10H2,(H,18,19). The van der Waals surface area contributed by atoms with Crippen molar-refractivity contribution < 1.29 is 9.21 Å². The van der Waals surface area contributed by atoms with Gasteiger partial charge in [-0.05, 0) is 29.8 Å². The van der Waals surface area contributed by atoms with E-state index < -0.39 is 0 Å². The molecule has 0 bridgehead atoms. The topological polar surface area (TPSA) is 42.2 Å². The molecule has 1 N–H and O–H groups in total. The number of nitrogens with one attached hydrogen (secondary N) is 1. The molecule has 21 heavy (non-hydrogen) atoms. The first-order chi connectivity index (χ1) is 10.1. The Labute approximate surface area is 138 Å². The monoisotopic (exact) mass is 343 g/mol. The van der Waals surface area contributed by atoms with Gasteiger partial charge in [-0.3, -0.25) is 4.79 Å². The summed E-state index contributed by atoms with van der Waals surface area (Å²) in [6.07, 6.45) is 2.33. The first-order valence-electron chi connectivity index (χ1n) is 6.46. The first-order valence-corrected chi connectivity index (χ1v) is 8.37. The summed E-state index contributed by atoms with van der Waals surface area (Å²) in [7, 11) is 0. The van der Waals surface area contributed by atoms with E-state index in [0.717, 1.165) is 11.3 Å². The Hall–Kier alpha value is -1.10. The maximum atomic E-state index is 11.7. The van der Waals surface area contributed by atoms with Crippen LogP contribution in [0.2, 0.25) is 10.0 Å². The van der Waals surface area contributed by atoms with Crippen molar-refractivity contribution >= 4 is 40.9 Å². The van der Waals surface area contributed by atoms with Crippen molar-refractivity contribution in [3.63, 3.8) is 0 Å². The summed E-state index contributed by atoms with van der Waals surface area (Å²) in [4.78, 5) is 11.7. The Morgan fingerprint density at radius 3 is 2.86 bits per heavy atom. The molecule has 0 aliphatic heterocycles. The van der Waals surface area contributed by atoms with Gasteiger partial charge in [0.2, 0.25) is 5.91 Å². The van der Waals surface area contributed by atoms with Crippen molar-refractivity contribution in [2.45, 2.75) is 12.2 Å². The van der Waals surface area contributed by atoms with Gasteiger partial charge in [0.15, 0.2) is 0 Å². The van der Waals surface area contributed by atoms with Crippen LogP contribution >= 0.6 is 35.0 Å². The van der Waals surface area contributed by atoms with Gasteiger partial charge in [-0.25, -0.2) is 0 Å². The number of carbonyl (C=O) groups excluding carboxylic acids is 1. The molecular formula is C15H15Cl2NO2S. The fourth-order valence-electron chi connectivity index (χ4n) is 1.72. The highest BCUT2D eigenvalue weighted by atomic mass is 35.5. The first kappa shape index (κ1) is 16.3. The van der Waals surface area contributed by atoms with Crippen LogP contribution in [-0.4, -0.2) is 18.2 Å². The SMILES string of the molecule is O=C(CSCc1ccc(Cl)cc1Cl)NCCc1ccco1. The molecule has 1 aromatic carbocycles. The molecule has 1 heterocycles. The van der Waals surface area contributed by atoms with Crippen LogP contribution in [0.15, 0.2) is 41.0 Å². The van der Waals surface area contributed by atoms with Gasteiger partial charge in [0.05, 0.1) is 12.0 Å². The van der Waals surface area contributed by atoms with Gasteiger partial charge < -0.3 is 9.73 Å². The molecule has 0 saturated heterocycles. The molecule has 112 valence electrons. The summed E-state index contributed by atoms with van der Waals surface area (Å²) in [6, 6.07) is 9.12. The van der Waals surface area contributed by atoms with E-state index in [-0.39, 0.29) is 5.91 Å². The molecule has 0 radical (unpaired) electrons. The number of hydrogen-bond donors (Lipinski definition) is 1. The van der Waals surface area contributed by atoms with E-state index >= 15 is 0 Å². The third-order valence-electron chi connectivity index (χ3n) is 2.78. The van der Waals surface area contributed by atoms with Gasteiger partial charge in [0, 0.05) is 28.8 Å². The molecule has 0 spiro atoms. The predicted molar refractivity (Wildman–Crippen MR) is 88.0 cm³/mol. The zero-order chi connectivity index (χ0) is 15.1. The van der Waals surface area contributed by atoms with Crippen molar-refractivity contribution in [2.24, 2.45) is 0 Å². The van der Waals surface area contributed by atoms with Crippen LogP contribution in [-0.2, 0) is 17.0 Å². The van der Waals surface area contributed by atoms with Crippen molar-refractivity contribution in [1.82, 2.24) is 5.32 Å². The minimum absolute atomic E-state index is 0.0108. The number of furan rings is 1. The normalized spacial score (nSPS) is 10.6. The fraction of sp³-hybridized carbons (Fsp3) is 0.267. The number of hydrogen-bond acceptors (Lipinski definition) is 3. The van der Waals surface area contributed by atoms with Crippen molar-refractivity contribution in [3.05, 3.63) is 58.0 Å². The highest BCUT2D eigenvalue weighted by molar-refractivity contribution is 7.99. The lowest BCUT2D eigenvalue weighted by Crippen LogP contribution is -2.27. The van der Waals surface area contributed by atoms with Crippen molar-refractivity contribution in [3.8, 4) is 0 Å². The molecule has 0 unspecified atom stereocenters. The van der Waals surface area contributed by atoms with Crippen molar-refractivity contribution in [1.29, 1.82) is 0 Å². The average molecular weight is 344 g/mol. The maximum absolute atomic E-state index is 11.7. The van der Waals surface area contributed by atoms with Gasteiger partial charge >= 0.3 is 0 Å². The third kappa shape index (κ3) is 5.65. The Bertz CT molecular complexity index is 587. The van der Waals surface area contributed by atoms with Crippen LogP contribution in [0.1, 0.15) is 11.3 Å². The maximum Gasteiger partial charge on any atom is 0.230 e. The average Bonchev–Trinajstić information content (AvgIpc) is 2.94. The lowest BCUT2D eigenvalue weighted by atomic mass is 10.2. The minimum Gasteiger partial charge on any atom is -0.469 e. The molecule has 3 nitrogen and oxygen atoms in total. The van der Waals surface area contributed by atoms with Crippen LogP contribution in [0.25, 0.3) is 0 Å². The molecule has 2 rings (SSSR count). The van der Waals surface area contributed by atoms with Gasteiger partial charge in [-0.15, -0.1) is 11.8 Å². The number of benzene rings is 1. The minimum atomic E-state index is 0.0108. The zero-order valence-electron chi connectivity index (χ0n) is 11.3. The molecule has 0 atom stereocenters. The van der Waals surface area contributed by atoms with E-state index in [0.29, 0.717) is 34.5 Å². The number of thioether (sulfide) groups is 1. The number of carbonyl (C=O) groups is 1. The second kappa shape index (κ2) is 8.37. The molecule has 0 fully saturated rings. The van der Waals surface area contributed by atoms with Crippen LogP contribution < -0.4 is 5.32 Å². The fourth-order valence-corrected chi connectivity index (χ4v) is 3.14. The largest absolute Gasteiger partial charge is 0.469 e. The molecule has 0 saturated carbocycles. The summed E-state index contributed by atoms with van der Waals surface area (Å²) in [5.74, 6) is 1.96. The molecule has 2 aromatic rings. The van der Waals surface area contributed by atoms with E-state index in [9.17, 15) is 4.79 Å². The Kier molecular flexibility index (Phi) is 6.49. The highest BCUT2D eigenvalue weighted by Gasteiger charge is 2.05.